The Labute approximate surface area is 128 Å². The van der Waals surface area contributed by atoms with Crippen LogP contribution >= 0.6 is 11.6 Å². The van der Waals surface area contributed by atoms with Crippen molar-refractivity contribution < 1.29 is 9.59 Å². The van der Waals surface area contributed by atoms with Crippen LogP contribution in [-0.2, 0) is 4.79 Å². The summed E-state index contributed by atoms with van der Waals surface area (Å²) in [5, 5.41) is 3.10. The molecule has 1 aromatic rings. The minimum atomic E-state index is -0.585. The van der Waals surface area contributed by atoms with Gasteiger partial charge in [0.25, 0.3) is 11.7 Å². The summed E-state index contributed by atoms with van der Waals surface area (Å²) in [5.41, 5.74) is 1.77. The predicted molar refractivity (Wildman–Crippen MR) is 83.3 cm³/mol. The normalized spacial score (nSPS) is 21.6. The van der Waals surface area contributed by atoms with Crippen LogP contribution in [-0.4, -0.2) is 50.3 Å². The van der Waals surface area contributed by atoms with Gasteiger partial charge < -0.3 is 15.1 Å². The van der Waals surface area contributed by atoms with Crippen LogP contribution in [0.15, 0.2) is 12.1 Å². The molecule has 1 atom stereocenters. The van der Waals surface area contributed by atoms with Crippen molar-refractivity contribution >= 4 is 34.7 Å². The van der Waals surface area contributed by atoms with Gasteiger partial charge in [0.05, 0.1) is 22.0 Å². The number of nitrogens with one attached hydrogen (secondary N) is 1. The first-order valence-corrected chi connectivity index (χ1v) is 7.42. The van der Waals surface area contributed by atoms with E-state index >= 15 is 0 Å². The number of carbonyl (C=O) groups is 2. The van der Waals surface area contributed by atoms with Gasteiger partial charge in [0.15, 0.2) is 0 Å². The van der Waals surface area contributed by atoms with E-state index < -0.39 is 11.7 Å². The molecule has 1 amide bonds. The summed E-state index contributed by atoms with van der Waals surface area (Å²) in [4.78, 5) is 27.5. The highest BCUT2D eigenvalue weighted by Gasteiger charge is 2.30. The van der Waals surface area contributed by atoms with Gasteiger partial charge in [0.2, 0.25) is 0 Å². The Kier molecular flexibility index (Phi) is 3.63. The number of anilines is 2. The third-order valence-corrected chi connectivity index (χ3v) is 4.52. The number of fused-ring (bicyclic) bond motifs is 1. The molecule has 3 rings (SSSR count). The Balaban J connectivity index is 1.81. The molecule has 112 valence electrons. The second-order valence-electron chi connectivity index (χ2n) is 5.93. The minimum absolute atomic E-state index is 0.364. The van der Waals surface area contributed by atoms with Crippen molar-refractivity contribution in [3.63, 3.8) is 0 Å². The van der Waals surface area contributed by atoms with Crippen LogP contribution in [0, 0.1) is 5.92 Å². The number of rotatable bonds is 3. The van der Waals surface area contributed by atoms with Crippen molar-refractivity contribution in [2.75, 3.05) is 43.9 Å². The molecule has 1 saturated heterocycles. The number of hydrogen-bond acceptors (Lipinski definition) is 4. The van der Waals surface area contributed by atoms with E-state index in [1.54, 1.807) is 12.1 Å². The second-order valence-corrected chi connectivity index (χ2v) is 6.34. The lowest BCUT2D eigenvalue weighted by Gasteiger charge is -2.24. The van der Waals surface area contributed by atoms with Crippen molar-refractivity contribution in [2.45, 2.75) is 6.42 Å². The number of carbonyl (C=O) groups excluding carboxylic acids is 2. The molecule has 6 heteroatoms. The number of ketones is 1. The van der Waals surface area contributed by atoms with Crippen molar-refractivity contribution in [3.05, 3.63) is 22.7 Å². The standard InChI is InChI=1S/C15H18ClN3O2/c1-18-4-3-9(7-18)8-19(2)13-6-12-10(5-11(13)16)14(20)15(21)17-12/h5-6,9H,3-4,7-8H2,1-2H3,(H,17,20,21). The molecule has 2 aliphatic rings. The minimum Gasteiger partial charge on any atom is -0.373 e. The first kappa shape index (κ1) is 14.4. The van der Waals surface area contributed by atoms with Crippen molar-refractivity contribution in [2.24, 2.45) is 5.92 Å². The van der Waals surface area contributed by atoms with Gasteiger partial charge in [0, 0.05) is 20.1 Å². The summed E-state index contributed by atoms with van der Waals surface area (Å²) in [5.74, 6) is -0.489. The molecule has 0 spiro atoms. The maximum atomic E-state index is 11.7. The Bertz CT molecular complexity index is 617. The zero-order valence-corrected chi connectivity index (χ0v) is 12.9. The van der Waals surface area contributed by atoms with Crippen molar-refractivity contribution in [1.82, 2.24) is 4.90 Å². The zero-order chi connectivity index (χ0) is 15.1. The second kappa shape index (κ2) is 5.31. The lowest BCUT2D eigenvalue weighted by Crippen LogP contribution is -2.27. The van der Waals surface area contributed by atoms with E-state index in [1.807, 2.05) is 7.05 Å². The van der Waals surface area contributed by atoms with Crippen LogP contribution in [0.1, 0.15) is 16.8 Å². The summed E-state index contributed by atoms with van der Waals surface area (Å²) in [6, 6.07) is 3.38. The van der Waals surface area contributed by atoms with Crippen molar-refractivity contribution in [1.29, 1.82) is 0 Å². The number of nitrogens with zero attached hydrogens (tertiary/aromatic N) is 2. The topological polar surface area (TPSA) is 52.7 Å². The smallest absolute Gasteiger partial charge is 0.296 e. The Morgan fingerprint density at radius 2 is 2.19 bits per heavy atom. The molecule has 0 aromatic heterocycles. The maximum absolute atomic E-state index is 11.7. The third-order valence-electron chi connectivity index (χ3n) is 4.22. The lowest BCUT2D eigenvalue weighted by atomic mass is 10.1. The molecule has 2 heterocycles. The zero-order valence-electron chi connectivity index (χ0n) is 12.1. The molecule has 1 fully saturated rings. The summed E-state index contributed by atoms with van der Waals surface area (Å²) in [7, 11) is 4.12. The lowest BCUT2D eigenvalue weighted by molar-refractivity contribution is -0.112. The fourth-order valence-electron chi connectivity index (χ4n) is 3.11. The SMILES string of the molecule is CN1CCC(CN(C)c2cc3c(cc2Cl)C(=O)C(=O)N3)C1. The molecular weight excluding hydrogens is 290 g/mol. The highest BCUT2D eigenvalue weighted by atomic mass is 35.5. The van der Waals surface area contributed by atoms with Gasteiger partial charge in [-0.1, -0.05) is 11.6 Å². The van der Waals surface area contributed by atoms with Gasteiger partial charge in [-0.25, -0.2) is 0 Å². The number of hydrogen-bond donors (Lipinski definition) is 1. The number of amides is 1. The molecule has 1 N–H and O–H groups in total. The van der Waals surface area contributed by atoms with E-state index in [0.717, 1.165) is 25.3 Å². The number of halogens is 1. The molecule has 1 unspecified atom stereocenters. The van der Waals surface area contributed by atoms with Gasteiger partial charge in [-0.05, 0) is 38.1 Å². The van der Waals surface area contributed by atoms with E-state index in [0.29, 0.717) is 22.2 Å². The largest absolute Gasteiger partial charge is 0.373 e. The summed E-state index contributed by atoms with van der Waals surface area (Å²) >= 11 is 6.29. The maximum Gasteiger partial charge on any atom is 0.296 e. The van der Waals surface area contributed by atoms with Crippen LogP contribution in [0.4, 0.5) is 11.4 Å². The third kappa shape index (κ3) is 2.63. The van der Waals surface area contributed by atoms with E-state index in [1.165, 1.54) is 6.42 Å². The summed E-state index contributed by atoms with van der Waals surface area (Å²) in [6.07, 6.45) is 1.18. The molecule has 0 bridgehead atoms. The fourth-order valence-corrected chi connectivity index (χ4v) is 3.42. The quantitative estimate of drug-likeness (QED) is 0.866. The molecule has 0 radical (unpaired) electrons. The number of benzene rings is 1. The van der Waals surface area contributed by atoms with Gasteiger partial charge in [-0.2, -0.15) is 0 Å². The van der Waals surface area contributed by atoms with Gasteiger partial charge >= 0.3 is 0 Å². The van der Waals surface area contributed by atoms with Gasteiger partial charge in [-0.3, -0.25) is 9.59 Å². The molecule has 5 nitrogen and oxygen atoms in total. The van der Waals surface area contributed by atoms with Crippen LogP contribution in [0.2, 0.25) is 5.02 Å². The van der Waals surface area contributed by atoms with E-state index in [-0.39, 0.29) is 0 Å². The average molecular weight is 308 g/mol. The molecule has 2 aliphatic heterocycles. The van der Waals surface area contributed by atoms with E-state index in [9.17, 15) is 9.59 Å². The van der Waals surface area contributed by atoms with Crippen molar-refractivity contribution in [3.8, 4) is 0 Å². The average Bonchev–Trinajstić information content (AvgIpc) is 2.95. The van der Waals surface area contributed by atoms with Crippen LogP contribution in [0.3, 0.4) is 0 Å². The molecule has 1 aromatic carbocycles. The summed E-state index contributed by atoms with van der Waals surface area (Å²) in [6.45, 7) is 3.12. The summed E-state index contributed by atoms with van der Waals surface area (Å²) < 4.78 is 0. The van der Waals surface area contributed by atoms with E-state index in [2.05, 4.69) is 22.2 Å². The molecule has 21 heavy (non-hydrogen) atoms. The van der Waals surface area contributed by atoms with Gasteiger partial charge in [0.1, 0.15) is 0 Å². The highest BCUT2D eigenvalue weighted by Crippen LogP contribution is 2.35. The first-order chi connectivity index (χ1) is 9.95. The Hall–Kier alpha value is -1.59. The monoisotopic (exact) mass is 307 g/mol. The number of Topliss-reactive ketones (excluding diaryl/α,β-unsaturated/α-hetero) is 1. The molecular formula is C15H18ClN3O2. The highest BCUT2D eigenvalue weighted by molar-refractivity contribution is 6.52. The van der Waals surface area contributed by atoms with E-state index in [4.69, 9.17) is 11.6 Å². The van der Waals surface area contributed by atoms with Gasteiger partial charge in [-0.15, -0.1) is 0 Å². The van der Waals surface area contributed by atoms with Crippen LogP contribution < -0.4 is 10.2 Å². The number of likely N-dealkylation sites (tertiary alicyclic amines) is 1. The Morgan fingerprint density at radius 3 is 2.86 bits per heavy atom. The van der Waals surface area contributed by atoms with Crippen LogP contribution in [0.5, 0.6) is 0 Å². The first-order valence-electron chi connectivity index (χ1n) is 7.04. The fraction of sp³-hybridized carbons (Fsp3) is 0.467. The Morgan fingerprint density at radius 1 is 1.43 bits per heavy atom. The van der Waals surface area contributed by atoms with Crippen LogP contribution in [0.25, 0.3) is 0 Å². The predicted octanol–water partition coefficient (Wildman–Crippen LogP) is 1.86. The molecule has 0 aliphatic carbocycles. The molecule has 0 saturated carbocycles.